The van der Waals surface area contributed by atoms with Gasteiger partial charge in [-0.25, -0.2) is 9.79 Å². The summed E-state index contributed by atoms with van der Waals surface area (Å²) in [5, 5.41) is 20.4. The molecule has 1 unspecified atom stereocenters. The van der Waals surface area contributed by atoms with Crippen LogP contribution >= 0.6 is 11.8 Å². The summed E-state index contributed by atoms with van der Waals surface area (Å²) in [7, 11) is 1.45. The van der Waals surface area contributed by atoms with E-state index in [2.05, 4.69) is 17.6 Å². The molecule has 0 amide bonds. The average molecular weight is 386 g/mol. The lowest BCUT2D eigenvalue weighted by molar-refractivity contribution is -0.138. The topological polar surface area (TPSA) is 91.9 Å². The minimum atomic E-state index is -0.640. The monoisotopic (exact) mass is 386 g/mol. The van der Waals surface area contributed by atoms with Gasteiger partial charge in [0, 0.05) is 11.6 Å². The Kier molecular flexibility index (Phi) is 7.08. The molecule has 2 atom stereocenters. The second kappa shape index (κ2) is 9.28. The highest BCUT2D eigenvalue weighted by Gasteiger charge is 2.39. The number of esters is 1. The molecule has 0 fully saturated rings. The van der Waals surface area contributed by atoms with Gasteiger partial charge in [0.2, 0.25) is 0 Å². The van der Waals surface area contributed by atoms with Crippen molar-refractivity contribution in [2.24, 2.45) is 10.9 Å². The van der Waals surface area contributed by atoms with Gasteiger partial charge in [0.05, 0.1) is 23.8 Å². The van der Waals surface area contributed by atoms with E-state index in [0.29, 0.717) is 21.9 Å². The summed E-state index contributed by atoms with van der Waals surface area (Å²) >= 11 is 1.48. The number of carbonyl (C=O) groups is 1. The van der Waals surface area contributed by atoms with Gasteiger partial charge in [-0.3, -0.25) is 0 Å². The Morgan fingerprint density at radius 3 is 2.85 bits per heavy atom. The first-order valence-corrected chi connectivity index (χ1v) is 9.43. The molecular formula is C20H22N2O4S. The van der Waals surface area contributed by atoms with E-state index in [1.165, 1.54) is 31.0 Å². The smallest absolute Gasteiger partial charge is 0.336 e. The molecule has 1 N–H and O–H groups in total. The normalized spacial score (nSPS) is 19.1. The number of benzene rings is 1. The first kappa shape index (κ1) is 20.6. The Hall–Kier alpha value is -2.72. The first-order valence-electron chi connectivity index (χ1n) is 8.45. The molecule has 1 aliphatic heterocycles. The predicted octanol–water partition coefficient (Wildman–Crippen LogP) is 3.79. The van der Waals surface area contributed by atoms with Crippen molar-refractivity contribution in [3.8, 4) is 17.6 Å². The quantitative estimate of drug-likeness (QED) is 0.591. The van der Waals surface area contributed by atoms with Crippen LogP contribution in [0.2, 0.25) is 0 Å². The second-order valence-corrected chi connectivity index (χ2v) is 7.07. The van der Waals surface area contributed by atoms with E-state index in [9.17, 15) is 15.2 Å². The number of aliphatic imine (C=N–C) groups is 1. The van der Waals surface area contributed by atoms with Crippen LogP contribution in [0.5, 0.6) is 11.5 Å². The summed E-state index contributed by atoms with van der Waals surface area (Å²) < 4.78 is 10.4. The van der Waals surface area contributed by atoms with Gasteiger partial charge >= 0.3 is 5.97 Å². The molecular weight excluding hydrogens is 364 g/mol. The minimum absolute atomic E-state index is 0.0149. The number of thioether (sulfide) groups is 1. The standard InChI is InChI=1S/C20H22N2O4S/c1-5-9-26-20(24)17-12(3)22-19(27-6-2)14(11-21)18(17)13-7-8-15(23)16(10-13)25-4/h5,7-8,10,14,18,23H,1,6,9H2,2-4H3/t14?,18-/m0/s1. The average Bonchev–Trinajstić information content (AvgIpc) is 2.66. The summed E-state index contributed by atoms with van der Waals surface area (Å²) in [6.45, 7) is 7.34. The number of hydrogen-bond donors (Lipinski definition) is 1. The lowest BCUT2D eigenvalue weighted by Gasteiger charge is -2.30. The Bertz CT molecular complexity index is 839. The van der Waals surface area contributed by atoms with Crippen LogP contribution in [0.1, 0.15) is 25.3 Å². The Morgan fingerprint density at radius 2 is 2.26 bits per heavy atom. The molecule has 142 valence electrons. The van der Waals surface area contributed by atoms with Gasteiger partial charge in [0.1, 0.15) is 12.5 Å². The molecule has 1 aromatic carbocycles. The summed E-state index contributed by atoms with van der Waals surface area (Å²) in [4.78, 5) is 17.2. The zero-order valence-corrected chi connectivity index (χ0v) is 16.4. The van der Waals surface area contributed by atoms with Crippen LogP contribution in [0.4, 0.5) is 0 Å². The van der Waals surface area contributed by atoms with E-state index in [1.807, 2.05) is 6.92 Å². The van der Waals surface area contributed by atoms with Crippen molar-refractivity contribution < 1.29 is 19.4 Å². The van der Waals surface area contributed by atoms with Gasteiger partial charge in [0.25, 0.3) is 0 Å². The molecule has 0 bridgehead atoms. The Morgan fingerprint density at radius 1 is 1.52 bits per heavy atom. The van der Waals surface area contributed by atoms with Gasteiger partial charge < -0.3 is 14.6 Å². The molecule has 1 heterocycles. The molecule has 1 aromatic rings. The number of nitrogens with zero attached hydrogens (tertiary/aromatic N) is 2. The number of carbonyl (C=O) groups excluding carboxylic acids is 1. The van der Waals surface area contributed by atoms with E-state index < -0.39 is 17.8 Å². The molecule has 0 spiro atoms. The number of allylic oxidation sites excluding steroid dienone is 1. The molecule has 7 heteroatoms. The van der Waals surface area contributed by atoms with Crippen molar-refractivity contribution in [2.75, 3.05) is 19.5 Å². The third-order valence-corrected chi connectivity index (χ3v) is 5.05. The van der Waals surface area contributed by atoms with E-state index in [1.54, 1.807) is 19.1 Å². The highest BCUT2D eigenvalue weighted by molar-refractivity contribution is 8.14. The number of phenols is 1. The lowest BCUT2D eigenvalue weighted by Crippen LogP contribution is -2.29. The van der Waals surface area contributed by atoms with E-state index >= 15 is 0 Å². The highest BCUT2D eigenvalue weighted by atomic mass is 32.2. The lowest BCUT2D eigenvalue weighted by atomic mass is 9.79. The van der Waals surface area contributed by atoms with Crippen molar-refractivity contribution in [1.29, 1.82) is 5.26 Å². The van der Waals surface area contributed by atoms with Crippen LogP contribution in [0.25, 0.3) is 0 Å². The minimum Gasteiger partial charge on any atom is -0.504 e. The second-order valence-electron chi connectivity index (χ2n) is 5.79. The van der Waals surface area contributed by atoms with Crippen LogP contribution < -0.4 is 4.74 Å². The van der Waals surface area contributed by atoms with Crippen molar-refractivity contribution >= 4 is 22.8 Å². The number of nitriles is 1. The number of hydrogen-bond acceptors (Lipinski definition) is 7. The maximum atomic E-state index is 12.7. The van der Waals surface area contributed by atoms with Crippen LogP contribution in [0, 0.1) is 17.2 Å². The third-order valence-electron chi connectivity index (χ3n) is 4.12. The number of aromatic hydroxyl groups is 1. The number of ether oxygens (including phenoxy) is 2. The molecule has 6 nitrogen and oxygen atoms in total. The largest absolute Gasteiger partial charge is 0.504 e. The maximum absolute atomic E-state index is 12.7. The SMILES string of the molecule is C=CCOC(=O)C1=C(C)N=C(SCC)C(C#N)[C@@H]1c1ccc(O)c(OC)c1. The zero-order valence-electron chi connectivity index (χ0n) is 15.6. The van der Waals surface area contributed by atoms with E-state index in [0.717, 1.165) is 5.75 Å². The molecule has 0 aromatic heterocycles. The molecule has 0 saturated carbocycles. The van der Waals surface area contributed by atoms with Crippen molar-refractivity contribution in [1.82, 2.24) is 0 Å². The van der Waals surface area contributed by atoms with Crippen LogP contribution in [-0.2, 0) is 9.53 Å². The third kappa shape index (κ3) is 4.34. The molecule has 0 aliphatic carbocycles. The summed E-state index contributed by atoms with van der Waals surface area (Å²) in [6.07, 6.45) is 1.48. The number of methoxy groups -OCH3 is 1. The van der Waals surface area contributed by atoms with Gasteiger partial charge in [-0.1, -0.05) is 25.6 Å². The summed E-state index contributed by atoms with van der Waals surface area (Å²) in [5.74, 6) is -0.736. The highest BCUT2D eigenvalue weighted by Crippen LogP contribution is 2.43. The Labute approximate surface area is 163 Å². The first-order chi connectivity index (χ1) is 13.0. The summed E-state index contributed by atoms with van der Waals surface area (Å²) in [6, 6.07) is 7.09. The Balaban J connectivity index is 2.63. The molecule has 1 aliphatic rings. The van der Waals surface area contributed by atoms with Crippen LogP contribution in [0.3, 0.4) is 0 Å². The van der Waals surface area contributed by atoms with Crippen LogP contribution in [-0.4, -0.2) is 35.6 Å². The number of phenolic OH excluding ortho intramolecular Hbond substituents is 1. The van der Waals surface area contributed by atoms with Gasteiger partial charge in [-0.05, 0) is 30.4 Å². The zero-order chi connectivity index (χ0) is 20.0. The molecule has 0 radical (unpaired) electrons. The van der Waals surface area contributed by atoms with E-state index in [-0.39, 0.29) is 18.1 Å². The van der Waals surface area contributed by atoms with Crippen molar-refractivity contribution in [2.45, 2.75) is 19.8 Å². The maximum Gasteiger partial charge on any atom is 0.336 e. The van der Waals surface area contributed by atoms with Crippen molar-refractivity contribution in [3.05, 3.63) is 47.7 Å². The fraction of sp³-hybridized carbons (Fsp3) is 0.350. The fourth-order valence-electron chi connectivity index (χ4n) is 2.96. The fourth-order valence-corrected chi connectivity index (χ4v) is 3.83. The van der Waals surface area contributed by atoms with Crippen LogP contribution in [0.15, 0.2) is 47.1 Å². The van der Waals surface area contributed by atoms with E-state index in [4.69, 9.17) is 9.47 Å². The van der Waals surface area contributed by atoms with Gasteiger partial charge in [0.15, 0.2) is 11.5 Å². The summed E-state index contributed by atoms with van der Waals surface area (Å²) in [5.41, 5.74) is 1.52. The molecule has 2 rings (SSSR count). The number of rotatable bonds is 6. The van der Waals surface area contributed by atoms with Crippen molar-refractivity contribution in [3.63, 3.8) is 0 Å². The predicted molar refractivity (Wildman–Crippen MR) is 106 cm³/mol. The molecule has 0 saturated heterocycles. The van der Waals surface area contributed by atoms with Gasteiger partial charge in [-0.15, -0.1) is 11.8 Å². The van der Waals surface area contributed by atoms with Gasteiger partial charge in [-0.2, -0.15) is 5.26 Å². The molecule has 27 heavy (non-hydrogen) atoms.